The van der Waals surface area contributed by atoms with Crippen molar-refractivity contribution in [3.63, 3.8) is 0 Å². The molecule has 1 saturated heterocycles. The molecule has 1 amide bonds. The molecule has 27 heavy (non-hydrogen) atoms. The Balaban J connectivity index is 1.47. The van der Waals surface area contributed by atoms with Crippen LogP contribution in [0, 0.1) is 6.92 Å². The Morgan fingerprint density at radius 3 is 2.48 bits per heavy atom. The van der Waals surface area contributed by atoms with Crippen LogP contribution < -0.4 is 4.74 Å². The van der Waals surface area contributed by atoms with E-state index in [1.54, 1.807) is 35.2 Å². The smallest absolute Gasteiger partial charge is 0.223 e. The van der Waals surface area contributed by atoms with Crippen molar-refractivity contribution in [3.8, 4) is 5.88 Å². The van der Waals surface area contributed by atoms with Crippen LogP contribution >= 0.6 is 0 Å². The summed E-state index contributed by atoms with van der Waals surface area (Å²) in [5, 5.41) is 0. The summed E-state index contributed by atoms with van der Waals surface area (Å²) in [5.41, 5.74) is 0.903. The van der Waals surface area contributed by atoms with Crippen LogP contribution in [-0.2, 0) is 14.6 Å². The van der Waals surface area contributed by atoms with E-state index < -0.39 is 9.84 Å². The maximum Gasteiger partial charge on any atom is 0.223 e. The Hall–Kier alpha value is -2.41. The van der Waals surface area contributed by atoms with Crippen molar-refractivity contribution in [1.29, 1.82) is 0 Å². The number of hydrogen-bond acceptors (Lipinski definition) is 5. The van der Waals surface area contributed by atoms with Gasteiger partial charge in [0.1, 0.15) is 6.10 Å². The molecule has 1 aliphatic heterocycles. The summed E-state index contributed by atoms with van der Waals surface area (Å²) in [4.78, 5) is 18.7. The zero-order valence-corrected chi connectivity index (χ0v) is 16.2. The van der Waals surface area contributed by atoms with Gasteiger partial charge >= 0.3 is 0 Å². The minimum Gasteiger partial charge on any atom is -0.474 e. The Bertz CT molecular complexity index is 876. The van der Waals surface area contributed by atoms with E-state index in [4.69, 9.17) is 4.74 Å². The number of nitrogens with zero attached hydrogens (tertiary/aromatic N) is 2. The fourth-order valence-corrected chi connectivity index (χ4v) is 4.35. The first kappa shape index (κ1) is 19.4. The van der Waals surface area contributed by atoms with Crippen LogP contribution in [0.25, 0.3) is 0 Å². The van der Waals surface area contributed by atoms with Crippen molar-refractivity contribution in [3.05, 3.63) is 54.2 Å². The van der Waals surface area contributed by atoms with Gasteiger partial charge in [-0.25, -0.2) is 13.4 Å². The van der Waals surface area contributed by atoms with E-state index in [-0.39, 0.29) is 29.1 Å². The van der Waals surface area contributed by atoms with Crippen molar-refractivity contribution in [2.75, 3.05) is 18.8 Å². The molecule has 0 aliphatic carbocycles. The van der Waals surface area contributed by atoms with Gasteiger partial charge in [0.05, 0.1) is 10.6 Å². The summed E-state index contributed by atoms with van der Waals surface area (Å²) in [7, 11) is -3.43. The molecular weight excluding hydrogens is 364 g/mol. The average molecular weight is 388 g/mol. The number of hydrogen-bond donors (Lipinski definition) is 0. The molecule has 6 nitrogen and oxygen atoms in total. The number of amides is 1. The molecule has 7 heteroatoms. The molecule has 1 aliphatic rings. The van der Waals surface area contributed by atoms with Crippen LogP contribution in [0.1, 0.15) is 25.0 Å². The van der Waals surface area contributed by atoms with Crippen molar-refractivity contribution in [2.45, 2.75) is 37.2 Å². The van der Waals surface area contributed by atoms with Crippen LogP contribution in [0.15, 0.2) is 53.4 Å². The van der Waals surface area contributed by atoms with Crippen LogP contribution in [0.2, 0.25) is 0 Å². The van der Waals surface area contributed by atoms with Crippen molar-refractivity contribution in [1.82, 2.24) is 9.88 Å². The molecule has 144 valence electrons. The number of carbonyl (C=O) groups excluding carboxylic acids is 1. The fraction of sp³-hybridized carbons (Fsp3) is 0.400. The van der Waals surface area contributed by atoms with E-state index in [2.05, 4.69) is 4.98 Å². The number of rotatable bonds is 6. The summed E-state index contributed by atoms with van der Waals surface area (Å²) in [6, 6.07) is 13.9. The molecule has 0 unspecified atom stereocenters. The zero-order chi connectivity index (χ0) is 19.3. The highest BCUT2D eigenvalue weighted by molar-refractivity contribution is 7.91. The lowest BCUT2D eigenvalue weighted by Crippen LogP contribution is -2.42. The van der Waals surface area contributed by atoms with Gasteiger partial charge in [0.15, 0.2) is 9.84 Å². The Kier molecular flexibility index (Phi) is 6.11. The highest BCUT2D eigenvalue weighted by Crippen LogP contribution is 2.19. The van der Waals surface area contributed by atoms with Gasteiger partial charge in [-0.2, -0.15) is 0 Å². The number of pyridine rings is 1. The molecule has 2 heterocycles. The van der Waals surface area contributed by atoms with Crippen molar-refractivity contribution in [2.24, 2.45) is 0 Å². The summed E-state index contributed by atoms with van der Waals surface area (Å²) in [6.07, 6.45) is 1.46. The zero-order valence-electron chi connectivity index (χ0n) is 15.4. The molecule has 0 saturated carbocycles. The van der Waals surface area contributed by atoms with Gasteiger partial charge in [-0.1, -0.05) is 24.3 Å². The molecule has 0 atom stereocenters. The third kappa shape index (κ3) is 5.29. The highest BCUT2D eigenvalue weighted by atomic mass is 32.2. The monoisotopic (exact) mass is 388 g/mol. The predicted octanol–water partition coefficient (Wildman–Crippen LogP) is 2.62. The second-order valence-electron chi connectivity index (χ2n) is 6.70. The Labute approximate surface area is 160 Å². The highest BCUT2D eigenvalue weighted by Gasteiger charge is 2.25. The molecule has 1 aromatic carbocycles. The molecule has 1 fully saturated rings. The van der Waals surface area contributed by atoms with E-state index in [0.717, 1.165) is 5.69 Å². The van der Waals surface area contributed by atoms with Crippen molar-refractivity contribution < 1.29 is 17.9 Å². The van der Waals surface area contributed by atoms with Gasteiger partial charge in [-0.05, 0) is 25.1 Å². The number of carbonyl (C=O) groups is 1. The number of ether oxygens (including phenoxy) is 1. The van der Waals surface area contributed by atoms with E-state index in [1.165, 1.54) is 0 Å². The quantitative estimate of drug-likeness (QED) is 0.760. The normalized spacial score (nSPS) is 15.5. The van der Waals surface area contributed by atoms with E-state index in [1.807, 2.05) is 25.1 Å². The second-order valence-corrected chi connectivity index (χ2v) is 8.81. The standard InChI is InChI=1S/C20H24N2O4S/c1-16-6-5-9-19(21-16)26-17-10-13-22(14-11-17)20(23)12-15-27(24,25)18-7-3-2-4-8-18/h2-9,17H,10-15H2,1H3. The van der Waals surface area contributed by atoms with Gasteiger partial charge in [0, 0.05) is 44.1 Å². The lowest BCUT2D eigenvalue weighted by molar-refractivity contribution is -0.132. The average Bonchev–Trinajstić information content (AvgIpc) is 2.67. The van der Waals surface area contributed by atoms with E-state index >= 15 is 0 Å². The molecule has 3 rings (SSSR count). The third-order valence-corrected chi connectivity index (χ3v) is 6.36. The topological polar surface area (TPSA) is 76.6 Å². The third-order valence-electron chi connectivity index (χ3n) is 4.63. The molecular formula is C20H24N2O4S. The molecule has 0 N–H and O–H groups in total. The summed E-state index contributed by atoms with van der Waals surface area (Å²) < 4.78 is 30.5. The van der Waals surface area contributed by atoms with Crippen LogP contribution in [0.4, 0.5) is 0 Å². The SMILES string of the molecule is Cc1cccc(OC2CCN(C(=O)CCS(=O)(=O)c3ccccc3)CC2)n1. The molecule has 1 aromatic heterocycles. The molecule has 0 radical (unpaired) electrons. The largest absolute Gasteiger partial charge is 0.474 e. The van der Waals surface area contributed by atoms with Gasteiger partial charge in [-0.15, -0.1) is 0 Å². The summed E-state index contributed by atoms with van der Waals surface area (Å²) in [5.74, 6) is 0.315. The van der Waals surface area contributed by atoms with Gasteiger partial charge < -0.3 is 9.64 Å². The first-order chi connectivity index (χ1) is 12.9. The number of aryl methyl sites for hydroxylation is 1. The fourth-order valence-electron chi connectivity index (χ4n) is 3.10. The van der Waals surface area contributed by atoms with Gasteiger partial charge in [0.2, 0.25) is 11.8 Å². The summed E-state index contributed by atoms with van der Waals surface area (Å²) in [6.45, 7) is 3.05. The maximum atomic E-state index is 12.4. The first-order valence-electron chi connectivity index (χ1n) is 9.10. The number of likely N-dealkylation sites (tertiary alicyclic amines) is 1. The molecule has 0 bridgehead atoms. The van der Waals surface area contributed by atoms with E-state index in [0.29, 0.717) is 31.8 Å². The minimum absolute atomic E-state index is 0.00217. The Morgan fingerprint density at radius 1 is 1.11 bits per heavy atom. The van der Waals surface area contributed by atoms with Gasteiger partial charge in [0.25, 0.3) is 0 Å². The van der Waals surface area contributed by atoms with Crippen molar-refractivity contribution >= 4 is 15.7 Å². The van der Waals surface area contributed by atoms with Gasteiger partial charge in [-0.3, -0.25) is 4.79 Å². The lowest BCUT2D eigenvalue weighted by atomic mass is 10.1. The number of benzene rings is 1. The predicted molar refractivity (Wildman–Crippen MR) is 102 cm³/mol. The van der Waals surface area contributed by atoms with E-state index in [9.17, 15) is 13.2 Å². The maximum absolute atomic E-state index is 12.4. The minimum atomic E-state index is -3.43. The lowest BCUT2D eigenvalue weighted by Gasteiger charge is -2.32. The molecule has 2 aromatic rings. The Morgan fingerprint density at radius 2 is 1.81 bits per heavy atom. The first-order valence-corrected chi connectivity index (χ1v) is 10.8. The number of piperidine rings is 1. The second kappa shape index (κ2) is 8.52. The van der Waals surface area contributed by atoms with Crippen LogP contribution in [0.5, 0.6) is 5.88 Å². The molecule has 0 spiro atoms. The number of sulfone groups is 1. The van der Waals surface area contributed by atoms with Crippen LogP contribution in [0.3, 0.4) is 0 Å². The summed E-state index contributed by atoms with van der Waals surface area (Å²) >= 11 is 0. The van der Waals surface area contributed by atoms with Crippen LogP contribution in [-0.4, -0.2) is 49.2 Å². The number of aromatic nitrogens is 1.